The fraction of sp³-hybridized carbons (Fsp3) is 0.300. The molecule has 136 valence electrons. The summed E-state index contributed by atoms with van der Waals surface area (Å²) in [4.78, 5) is 25.4. The minimum Gasteiger partial charge on any atom is -0.497 e. The second kappa shape index (κ2) is 7.07. The quantitative estimate of drug-likeness (QED) is 0.780. The third-order valence-corrected chi connectivity index (χ3v) is 4.58. The highest BCUT2D eigenvalue weighted by Crippen LogP contribution is 2.48. The Kier molecular flexibility index (Phi) is 4.84. The molecule has 0 spiro atoms. The van der Waals surface area contributed by atoms with E-state index >= 15 is 0 Å². The summed E-state index contributed by atoms with van der Waals surface area (Å²) in [6, 6.07) is 12.6. The molecule has 2 aromatic carbocycles. The van der Waals surface area contributed by atoms with Gasteiger partial charge in [0.2, 0.25) is 11.8 Å². The summed E-state index contributed by atoms with van der Waals surface area (Å²) in [5, 5.41) is 5.64. The van der Waals surface area contributed by atoms with Crippen molar-refractivity contribution in [3.63, 3.8) is 0 Å². The van der Waals surface area contributed by atoms with Crippen molar-refractivity contribution in [3.8, 4) is 11.5 Å². The first kappa shape index (κ1) is 17.8. The van der Waals surface area contributed by atoms with Gasteiger partial charge in [-0.25, -0.2) is 0 Å². The van der Waals surface area contributed by atoms with Crippen LogP contribution < -0.4 is 20.1 Å². The first-order valence-electron chi connectivity index (χ1n) is 8.40. The zero-order chi connectivity index (χ0) is 18.7. The Bertz CT molecular complexity index is 826. The van der Waals surface area contributed by atoms with E-state index in [0.717, 1.165) is 5.56 Å². The van der Waals surface area contributed by atoms with Crippen LogP contribution >= 0.6 is 0 Å². The van der Waals surface area contributed by atoms with Gasteiger partial charge in [0.25, 0.3) is 0 Å². The summed E-state index contributed by atoms with van der Waals surface area (Å²) >= 11 is 0. The van der Waals surface area contributed by atoms with Crippen LogP contribution in [0.4, 0.5) is 11.4 Å². The Hall–Kier alpha value is -3.02. The number of rotatable bonds is 6. The summed E-state index contributed by atoms with van der Waals surface area (Å²) in [6.45, 7) is 1.98. The van der Waals surface area contributed by atoms with Crippen LogP contribution in [0.2, 0.25) is 0 Å². The molecule has 2 N–H and O–H groups in total. The van der Waals surface area contributed by atoms with Crippen molar-refractivity contribution in [2.45, 2.75) is 19.8 Å². The van der Waals surface area contributed by atoms with Crippen LogP contribution in [0.15, 0.2) is 42.5 Å². The lowest BCUT2D eigenvalue weighted by Crippen LogP contribution is -2.35. The molecule has 2 amide bonds. The minimum absolute atomic E-state index is 0.291. The van der Waals surface area contributed by atoms with Gasteiger partial charge in [-0.15, -0.1) is 0 Å². The molecule has 1 aliphatic rings. The van der Waals surface area contributed by atoms with Gasteiger partial charge in [-0.2, -0.15) is 0 Å². The van der Waals surface area contributed by atoms with Crippen molar-refractivity contribution in [2.75, 3.05) is 24.9 Å². The van der Waals surface area contributed by atoms with E-state index in [0.29, 0.717) is 35.7 Å². The number of nitrogens with one attached hydrogen (secondary N) is 2. The van der Waals surface area contributed by atoms with Gasteiger partial charge in [0.15, 0.2) is 0 Å². The summed E-state index contributed by atoms with van der Waals surface area (Å²) in [7, 11) is 3.07. The van der Waals surface area contributed by atoms with Gasteiger partial charge in [0.05, 0.1) is 19.9 Å². The predicted octanol–water partition coefficient (Wildman–Crippen LogP) is 3.37. The maximum atomic E-state index is 12.8. The number of hydrogen-bond donors (Lipinski definition) is 2. The molecule has 1 aliphatic carbocycles. The Labute approximate surface area is 152 Å². The third-order valence-electron chi connectivity index (χ3n) is 4.58. The SMILES string of the molecule is COc1ccc(OC)c(NC(=O)C2(C(=O)Nc3ccc(C)cc3)CC2)c1. The largest absolute Gasteiger partial charge is 0.497 e. The van der Waals surface area contributed by atoms with E-state index in [9.17, 15) is 9.59 Å². The van der Waals surface area contributed by atoms with Gasteiger partial charge < -0.3 is 20.1 Å². The lowest BCUT2D eigenvalue weighted by molar-refractivity contribution is -0.131. The van der Waals surface area contributed by atoms with Gasteiger partial charge in [-0.3, -0.25) is 9.59 Å². The molecule has 26 heavy (non-hydrogen) atoms. The van der Waals surface area contributed by atoms with Crippen molar-refractivity contribution < 1.29 is 19.1 Å². The van der Waals surface area contributed by atoms with Crippen molar-refractivity contribution in [1.82, 2.24) is 0 Å². The molecular formula is C20H22N2O4. The van der Waals surface area contributed by atoms with Crippen LogP contribution in [0.5, 0.6) is 11.5 Å². The average Bonchev–Trinajstić information content (AvgIpc) is 3.45. The summed E-state index contributed by atoms with van der Waals surface area (Å²) in [5.41, 5.74) is 1.22. The minimum atomic E-state index is -1.04. The first-order chi connectivity index (χ1) is 12.5. The summed E-state index contributed by atoms with van der Waals surface area (Å²) in [5.74, 6) is 0.471. The van der Waals surface area contributed by atoms with Crippen LogP contribution in [-0.4, -0.2) is 26.0 Å². The van der Waals surface area contributed by atoms with E-state index in [1.807, 2.05) is 31.2 Å². The van der Waals surface area contributed by atoms with Gasteiger partial charge in [-0.05, 0) is 44.0 Å². The van der Waals surface area contributed by atoms with E-state index in [1.165, 1.54) is 7.11 Å². The number of carbonyl (C=O) groups excluding carboxylic acids is 2. The van der Waals surface area contributed by atoms with Crippen LogP contribution in [0.1, 0.15) is 18.4 Å². The molecule has 6 nitrogen and oxygen atoms in total. The second-order valence-electron chi connectivity index (χ2n) is 6.42. The Morgan fingerprint density at radius 1 is 0.923 bits per heavy atom. The zero-order valence-electron chi connectivity index (χ0n) is 15.1. The number of methoxy groups -OCH3 is 2. The summed E-state index contributed by atoms with van der Waals surface area (Å²) in [6.07, 6.45) is 1.03. The molecule has 2 aromatic rings. The highest BCUT2D eigenvalue weighted by Gasteiger charge is 2.56. The van der Waals surface area contributed by atoms with Crippen LogP contribution in [0.3, 0.4) is 0 Å². The molecule has 0 atom stereocenters. The second-order valence-corrected chi connectivity index (χ2v) is 6.42. The molecule has 0 aliphatic heterocycles. The zero-order valence-corrected chi connectivity index (χ0v) is 15.1. The van der Waals surface area contributed by atoms with Crippen LogP contribution in [0, 0.1) is 12.3 Å². The van der Waals surface area contributed by atoms with Gasteiger partial charge in [-0.1, -0.05) is 17.7 Å². The van der Waals surface area contributed by atoms with Gasteiger partial charge in [0.1, 0.15) is 16.9 Å². The van der Waals surface area contributed by atoms with Crippen molar-refractivity contribution in [1.29, 1.82) is 0 Å². The average molecular weight is 354 g/mol. The highest BCUT2D eigenvalue weighted by atomic mass is 16.5. The maximum absolute atomic E-state index is 12.8. The molecular weight excluding hydrogens is 332 g/mol. The number of benzene rings is 2. The number of ether oxygens (including phenoxy) is 2. The molecule has 3 rings (SSSR count). The lowest BCUT2D eigenvalue weighted by Gasteiger charge is -2.17. The molecule has 6 heteroatoms. The van der Waals surface area contributed by atoms with Crippen molar-refractivity contribution >= 4 is 23.2 Å². The van der Waals surface area contributed by atoms with Gasteiger partial charge >= 0.3 is 0 Å². The summed E-state index contributed by atoms with van der Waals surface area (Å²) < 4.78 is 10.5. The van der Waals surface area contributed by atoms with E-state index in [1.54, 1.807) is 25.3 Å². The molecule has 0 heterocycles. The van der Waals surface area contributed by atoms with E-state index < -0.39 is 5.41 Å². The third kappa shape index (κ3) is 3.49. The van der Waals surface area contributed by atoms with E-state index in [4.69, 9.17) is 9.47 Å². The monoisotopic (exact) mass is 354 g/mol. The molecule has 1 fully saturated rings. The van der Waals surface area contributed by atoms with Crippen molar-refractivity contribution in [2.24, 2.45) is 5.41 Å². The molecule has 0 saturated heterocycles. The normalized spacial score (nSPS) is 14.3. The fourth-order valence-corrected chi connectivity index (χ4v) is 2.72. The molecule has 0 bridgehead atoms. The molecule has 0 unspecified atom stereocenters. The molecule has 0 aromatic heterocycles. The highest BCUT2D eigenvalue weighted by molar-refractivity contribution is 6.17. The Balaban J connectivity index is 1.74. The Morgan fingerprint density at radius 3 is 2.15 bits per heavy atom. The maximum Gasteiger partial charge on any atom is 0.240 e. The number of amides is 2. The van der Waals surface area contributed by atoms with E-state index in [2.05, 4.69) is 10.6 Å². The predicted molar refractivity (Wildman–Crippen MR) is 99.7 cm³/mol. The lowest BCUT2D eigenvalue weighted by atomic mass is 10.0. The Morgan fingerprint density at radius 2 is 1.58 bits per heavy atom. The van der Waals surface area contributed by atoms with Gasteiger partial charge in [0, 0.05) is 11.8 Å². The number of carbonyl (C=O) groups is 2. The number of aryl methyl sites for hydroxylation is 1. The van der Waals surface area contributed by atoms with Crippen LogP contribution in [-0.2, 0) is 9.59 Å². The number of anilines is 2. The standard InChI is InChI=1S/C20H22N2O4/c1-13-4-6-14(7-5-13)21-18(23)20(10-11-20)19(24)22-16-12-15(25-2)8-9-17(16)26-3/h4-9,12H,10-11H2,1-3H3,(H,21,23)(H,22,24). The number of hydrogen-bond acceptors (Lipinski definition) is 4. The smallest absolute Gasteiger partial charge is 0.240 e. The van der Waals surface area contributed by atoms with Crippen LogP contribution in [0.25, 0.3) is 0 Å². The fourth-order valence-electron chi connectivity index (χ4n) is 2.72. The topological polar surface area (TPSA) is 76.7 Å². The van der Waals surface area contributed by atoms with E-state index in [-0.39, 0.29) is 11.8 Å². The van der Waals surface area contributed by atoms with Crippen molar-refractivity contribution in [3.05, 3.63) is 48.0 Å². The first-order valence-corrected chi connectivity index (χ1v) is 8.40. The molecule has 0 radical (unpaired) electrons. The molecule has 1 saturated carbocycles.